The predicted molar refractivity (Wildman–Crippen MR) is 142 cm³/mol. The van der Waals surface area contributed by atoms with Crippen LogP contribution in [0.15, 0.2) is 0 Å². The summed E-state index contributed by atoms with van der Waals surface area (Å²) in [4.78, 5) is 51.1. The Hall–Kier alpha value is -2.16. The van der Waals surface area contributed by atoms with Gasteiger partial charge in [-0.3, -0.25) is 14.4 Å². The summed E-state index contributed by atoms with van der Waals surface area (Å²) in [6.07, 6.45) is 10.9. The maximum atomic E-state index is 13.0. The number of hydrogen-bond donors (Lipinski definition) is 4. The van der Waals surface area contributed by atoms with Crippen molar-refractivity contribution in [2.24, 2.45) is 5.92 Å². The van der Waals surface area contributed by atoms with E-state index in [-0.39, 0.29) is 61.2 Å². The molecule has 0 aromatic rings. The lowest BCUT2D eigenvalue weighted by Gasteiger charge is -2.37. The Bertz CT molecular complexity index is 808. The van der Waals surface area contributed by atoms with Crippen molar-refractivity contribution < 1.29 is 24.3 Å². The molecule has 1 aliphatic heterocycles. The lowest BCUT2D eigenvalue weighted by molar-refractivity contribution is -0.142. The Morgan fingerprint density at radius 1 is 0.838 bits per heavy atom. The molecule has 2 saturated carbocycles. The Morgan fingerprint density at radius 3 is 2.16 bits per heavy atom. The maximum absolute atomic E-state index is 13.0. The van der Waals surface area contributed by atoms with Gasteiger partial charge in [-0.1, -0.05) is 19.8 Å². The first-order valence-corrected chi connectivity index (χ1v) is 14.4. The summed E-state index contributed by atoms with van der Waals surface area (Å²) in [5, 5.41) is 19.0. The largest absolute Gasteiger partial charge is 0.481 e. The zero-order chi connectivity index (χ0) is 27.0. The first-order valence-electron chi connectivity index (χ1n) is 14.4. The van der Waals surface area contributed by atoms with Gasteiger partial charge in [0, 0.05) is 43.6 Å². The topological polar surface area (TPSA) is 128 Å². The molecule has 1 heterocycles. The van der Waals surface area contributed by atoms with Crippen LogP contribution < -0.4 is 16.0 Å². The van der Waals surface area contributed by atoms with Crippen molar-refractivity contribution in [3.05, 3.63) is 0 Å². The highest BCUT2D eigenvalue weighted by Gasteiger charge is 2.34. The number of carbonyl (C=O) groups is 4. The van der Waals surface area contributed by atoms with Gasteiger partial charge in [0.05, 0.1) is 12.0 Å². The Morgan fingerprint density at radius 2 is 1.49 bits per heavy atom. The Kier molecular flexibility index (Phi) is 10.8. The number of carboxylic acids is 1. The number of likely N-dealkylation sites (tertiary alicyclic amines) is 1. The van der Waals surface area contributed by atoms with Crippen LogP contribution >= 0.6 is 0 Å². The molecule has 3 atom stereocenters. The van der Waals surface area contributed by atoms with E-state index in [0.29, 0.717) is 18.9 Å². The van der Waals surface area contributed by atoms with Crippen LogP contribution in [0, 0.1) is 5.92 Å². The summed E-state index contributed by atoms with van der Waals surface area (Å²) in [5.74, 6) is -0.493. The number of ketones is 1. The van der Waals surface area contributed by atoms with Crippen LogP contribution in [0.25, 0.3) is 0 Å². The average molecular weight is 521 g/mol. The molecule has 0 aromatic heterocycles. The molecular formula is C28H48N4O5. The molecule has 0 bridgehead atoms. The average Bonchev–Trinajstić information content (AvgIpc) is 2.84. The third kappa shape index (κ3) is 8.97. The van der Waals surface area contributed by atoms with E-state index in [4.69, 9.17) is 5.11 Å². The number of amides is 3. The highest BCUT2D eigenvalue weighted by molar-refractivity contribution is 5.91. The molecule has 210 valence electrons. The van der Waals surface area contributed by atoms with Crippen molar-refractivity contribution in [3.8, 4) is 0 Å². The maximum Gasteiger partial charge on any atom is 0.315 e. The van der Waals surface area contributed by atoms with Gasteiger partial charge in [0.15, 0.2) is 5.78 Å². The molecule has 3 unspecified atom stereocenters. The van der Waals surface area contributed by atoms with Crippen LogP contribution in [-0.4, -0.2) is 69.9 Å². The fraction of sp³-hybridized carbons (Fsp3) is 0.857. The SMILES string of the molecule is CC1CCCCC1NC(=O)NC1CCC(NC(C)(C)C(=O)CCC(=O)N2CCCCC2CC(=O)O)CC1. The van der Waals surface area contributed by atoms with E-state index < -0.39 is 11.5 Å². The third-order valence-electron chi connectivity index (χ3n) is 8.68. The third-order valence-corrected chi connectivity index (χ3v) is 8.68. The van der Waals surface area contributed by atoms with Gasteiger partial charge in [0.25, 0.3) is 0 Å². The smallest absolute Gasteiger partial charge is 0.315 e. The first kappa shape index (κ1) is 29.4. The van der Waals surface area contributed by atoms with Gasteiger partial charge in [0.1, 0.15) is 0 Å². The molecule has 0 spiro atoms. The molecular weight excluding hydrogens is 472 g/mol. The number of hydrogen-bond acceptors (Lipinski definition) is 5. The number of urea groups is 1. The van der Waals surface area contributed by atoms with Crippen molar-refractivity contribution in [1.29, 1.82) is 0 Å². The summed E-state index contributed by atoms with van der Waals surface area (Å²) < 4.78 is 0. The fourth-order valence-electron chi connectivity index (χ4n) is 6.32. The standard InChI is InChI=1S/C28H48N4O5/c1-19-8-4-5-10-23(19)30-27(37)29-20-11-13-21(14-12-20)31-28(2,3)24(33)15-16-25(34)32-17-7-6-9-22(32)18-26(35)36/h19-23,31H,4-18H2,1-3H3,(H,35,36)(H2,29,30,37). The summed E-state index contributed by atoms with van der Waals surface area (Å²) in [6, 6.07) is 0.280. The summed E-state index contributed by atoms with van der Waals surface area (Å²) in [6.45, 7) is 6.53. The van der Waals surface area contributed by atoms with Crippen molar-refractivity contribution in [3.63, 3.8) is 0 Å². The second-order valence-corrected chi connectivity index (χ2v) is 12.1. The number of carboxylic acid groups (broad SMARTS) is 1. The van der Waals surface area contributed by atoms with Crippen LogP contribution in [-0.2, 0) is 14.4 Å². The summed E-state index contributed by atoms with van der Waals surface area (Å²) in [7, 11) is 0. The molecule has 3 fully saturated rings. The minimum Gasteiger partial charge on any atom is -0.481 e. The Labute approximate surface area is 221 Å². The molecule has 2 aliphatic carbocycles. The van der Waals surface area contributed by atoms with E-state index in [9.17, 15) is 19.2 Å². The normalized spacial score (nSPS) is 28.8. The van der Waals surface area contributed by atoms with Gasteiger partial charge in [0.2, 0.25) is 5.91 Å². The number of nitrogens with one attached hydrogen (secondary N) is 3. The van der Waals surface area contributed by atoms with Gasteiger partial charge in [-0.2, -0.15) is 0 Å². The zero-order valence-electron chi connectivity index (χ0n) is 23.0. The predicted octanol–water partition coefficient (Wildman–Crippen LogP) is 3.75. The van der Waals surface area contributed by atoms with Crippen molar-refractivity contribution >= 4 is 23.7 Å². The number of piperidine rings is 1. The highest BCUT2D eigenvalue weighted by atomic mass is 16.4. The quantitative estimate of drug-likeness (QED) is 0.347. The molecule has 1 saturated heterocycles. The minimum atomic E-state index is -0.893. The lowest BCUT2D eigenvalue weighted by Crippen LogP contribution is -2.54. The first-order chi connectivity index (χ1) is 17.5. The second kappa shape index (κ2) is 13.6. The summed E-state index contributed by atoms with van der Waals surface area (Å²) >= 11 is 0. The molecule has 3 rings (SSSR count). The Balaban J connectivity index is 1.38. The molecule has 0 radical (unpaired) electrons. The van der Waals surface area contributed by atoms with Crippen LogP contribution in [0.2, 0.25) is 0 Å². The van der Waals surface area contributed by atoms with Crippen LogP contribution in [0.3, 0.4) is 0 Å². The van der Waals surface area contributed by atoms with Gasteiger partial charge in [-0.05, 0) is 77.6 Å². The molecule has 9 nitrogen and oxygen atoms in total. The number of Topliss-reactive ketones (excluding diaryl/α,β-unsaturated/α-hetero) is 1. The van der Waals surface area contributed by atoms with E-state index in [0.717, 1.165) is 44.9 Å². The molecule has 37 heavy (non-hydrogen) atoms. The van der Waals surface area contributed by atoms with E-state index in [1.54, 1.807) is 4.90 Å². The number of aliphatic carboxylic acids is 1. The van der Waals surface area contributed by atoms with Gasteiger partial charge >= 0.3 is 12.0 Å². The second-order valence-electron chi connectivity index (χ2n) is 12.1. The number of carbonyl (C=O) groups excluding carboxylic acids is 3. The van der Waals surface area contributed by atoms with Crippen molar-refractivity contribution in [2.75, 3.05) is 6.54 Å². The fourth-order valence-corrected chi connectivity index (χ4v) is 6.32. The molecule has 3 amide bonds. The molecule has 4 N–H and O–H groups in total. The van der Waals surface area contributed by atoms with E-state index in [1.165, 1.54) is 19.3 Å². The van der Waals surface area contributed by atoms with Crippen molar-refractivity contribution in [2.45, 2.75) is 140 Å². The number of nitrogens with zero attached hydrogens (tertiary/aromatic N) is 1. The molecule has 9 heteroatoms. The zero-order valence-corrected chi connectivity index (χ0v) is 23.0. The van der Waals surface area contributed by atoms with Crippen molar-refractivity contribution in [1.82, 2.24) is 20.9 Å². The van der Waals surface area contributed by atoms with E-state index >= 15 is 0 Å². The lowest BCUT2D eigenvalue weighted by atomic mass is 9.86. The van der Waals surface area contributed by atoms with Crippen LogP contribution in [0.5, 0.6) is 0 Å². The number of rotatable bonds is 10. The van der Waals surface area contributed by atoms with E-state index in [1.807, 2.05) is 13.8 Å². The summed E-state index contributed by atoms with van der Waals surface area (Å²) in [5.41, 5.74) is -0.748. The van der Waals surface area contributed by atoms with Crippen LogP contribution in [0.4, 0.5) is 4.79 Å². The molecule has 3 aliphatic rings. The van der Waals surface area contributed by atoms with Gasteiger partial charge in [-0.25, -0.2) is 4.79 Å². The van der Waals surface area contributed by atoms with Gasteiger partial charge in [-0.15, -0.1) is 0 Å². The monoisotopic (exact) mass is 520 g/mol. The van der Waals surface area contributed by atoms with Crippen LogP contribution in [0.1, 0.15) is 111 Å². The van der Waals surface area contributed by atoms with Gasteiger partial charge < -0.3 is 26.0 Å². The van der Waals surface area contributed by atoms with E-state index in [2.05, 4.69) is 22.9 Å². The highest BCUT2D eigenvalue weighted by Crippen LogP contribution is 2.25. The minimum absolute atomic E-state index is 0.00567. The molecule has 0 aromatic carbocycles.